The summed E-state index contributed by atoms with van der Waals surface area (Å²) in [5.41, 5.74) is 2.61. The highest BCUT2D eigenvalue weighted by Gasteiger charge is 2.03. The maximum absolute atomic E-state index is 4.02. The van der Waals surface area contributed by atoms with Crippen molar-refractivity contribution in [1.82, 2.24) is 0 Å². The second-order valence-electron chi connectivity index (χ2n) is 3.70. The largest absolute Gasteiger partial charge is 0.0958 e. The molecule has 0 heterocycles. The molecule has 0 aromatic rings. The van der Waals surface area contributed by atoms with Gasteiger partial charge in [0.2, 0.25) is 0 Å². The number of hydrogen-bond acceptors (Lipinski definition) is 0. The van der Waals surface area contributed by atoms with Crippen LogP contribution in [0.5, 0.6) is 0 Å². The van der Waals surface area contributed by atoms with Gasteiger partial charge in [0.1, 0.15) is 0 Å². The molecule has 1 atom stereocenters. The third kappa shape index (κ3) is 5.58. The topological polar surface area (TPSA) is 0 Å². The Morgan fingerprint density at radius 3 is 2.43 bits per heavy atom. The summed E-state index contributed by atoms with van der Waals surface area (Å²) in [5.74, 6) is 0.579. The van der Waals surface area contributed by atoms with Gasteiger partial charge in [0.05, 0.1) is 0 Å². The van der Waals surface area contributed by atoms with Crippen LogP contribution in [-0.2, 0) is 0 Å². The standard InChI is InChI=1S/C14H22/c1-6-8-10-13(4)14(5)11-12(3)9-7-2/h6-10,14H,3,11H2,1-2,4-5H3. The van der Waals surface area contributed by atoms with E-state index in [1.54, 1.807) is 0 Å². The number of rotatable bonds is 5. The maximum atomic E-state index is 4.02. The maximum Gasteiger partial charge on any atom is -0.0191 e. The minimum Gasteiger partial charge on any atom is -0.0958 e. The summed E-state index contributed by atoms with van der Waals surface area (Å²) in [6.07, 6.45) is 11.5. The molecule has 0 heteroatoms. The van der Waals surface area contributed by atoms with Gasteiger partial charge < -0.3 is 0 Å². The molecule has 0 spiro atoms. The molecular weight excluding hydrogens is 168 g/mol. The summed E-state index contributed by atoms with van der Waals surface area (Å²) in [7, 11) is 0. The molecule has 0 amide bonds. The van der Waals surface area contributed by atoms with Gasteiger partial charge in [0.15, 0.2) is 0 Å². The van der Waals surface area contributed by atoms with E-state index >= 15 is 0 Å². The molecule has 78 valence electrons. The smallest absolute Gasteiger partial charge is 0.0191 e. The molecular formula is C14H22. The van der Waals surface area contributed by atoms with Gasteiger partial charge in [0, 0.05) is 0 Å². The highest BCUT2D eigenvalue weighted by atomic mass is 14.1. The van der Waals surface area contributed by atoms with E-state index in [-0.39, 0.29) is 0 Å². The van der Waals surface area contributed by atoms with Crippen molar-refractivity contribution in [2.45, 2.75) is 34.1 Å². The van der Waals surface area contributed by atoms with Crippen molar-refractivity contribution < 1.29 is 0 Å². The molecule has 0 bridgehead atoms. The van der Waals surface area contributed by atoms with Crippen LogP contribution in [0, 0.1) is 5.92 Å². The summed E-state index contributed by atoms with van der Waals surface area (Å²) in [6.45, 7) is 12.5. The van der Waals surface area contributed by atoms with Gasteiger partial charge in [-0.15, -0.1) is 0 Å². The fourth-order valence-corrected chi connectivity index (χ4v) is 1.27. The van der Waals surface area contributed by atoms with Gasteiger partial charge in [-0.3, -0.25) is 0 Å². The van der Waals surface area contributed by atoms with E-state index < -0.39 is 0 Å². The molecule has 14 heavy (non-hydrogen) atoms. The quantitative estimate of drug-likeness (QED) is 0.553. The number of allylic oxidation sites excluding steroid dienone is 7. The van der Waals surface area contributed by atoms with E-state index in [9.17, 15) is 0 Å². The van der Waals surface area contributed by atoms with Crippen LogP contribution < -0.4 is 0 Å². The summed E-state index contributed by atoms with van der Waals surface area (Å²) in [4.78, 5) is 0. The average molecular weight is 190 g/mol. The van der Waals surface area contributed by atoms with Crippen molar-refractivity contribution in [3.8, 4) is 0 Å². The molecule has 0 saturated heterocycles. The van der Waals surface area contributed by atoms with Crippen molar-refractivity contribution in [2.75, 3.05) is 0 Å². The Balaban J connectivity index is 4.20. The molecule has 0 aliphatic heterocycles. The molecule has 0 aliphatic carbocycles. The van der Waals surface area contributed by atoms with Crippen LogP contribution in [0.1, 0.15) is 34.1 Å². The second-order valence-corrected chi connectivity index (χ2v) is 3.70. The summed E-state index contributed by atoms with van der Waals surface area (Å²) in [6, 6.07) is 0. The molecule has 0 aromatic carbocycles. The molecule has 0 fully saturated rings. The van der Waals surface area contributed by atoms with E-state index in [0.717, 1.165) is 6.42 Å². The predicted octanol–water partition coefficient (Wildman–Crippen LogP) is 4.67. The Kier molecular flexibility index (Phi) is 6.82. The predicted molar refractivity (Wildman–Crippen MR) is 66.3 cm³/mol. The third-order valence-electron chi connectivity index (χ3n) is 2.30. The van der Waals surface area contributed by atoms with E-state index in [0.29, 0.717) is 5.92 Å². The average Bonchev–Trinajstić information content (AvgIpc) is 2.14. The lowest BCUT2D eigenvalue weighted by Crippen LogP contribution is -1.96. The van der Waals surface area contributed by atoms with Crippen LogP contribution in [0.25, 0.3) is 0 Å². The minimum atomic E-state index is 0.579. The second kappa shape index (κ2) is 7.37. The Morgan fingerprint density at radius 1 is 1.29 bits per heavy atom. The van der Waals surface area contributed by atoms with E-state index in [4.69, 9.17) is 0 Å². The fraction of sp³-hybridized carbons (Fsp3) is 0.429. The Bertz CT molecular complexity index is 251. The van der Waals surface area contributed by atoms with Crippen LogP contribution in [0.15, 0.2) is 48.1 Å². The van der Waals surface area contributed by atoms with Gasteiger partial charge in [-0.2, -0.15) is 0 Å². The first-order chi connectivity index (χ1) is 6.61. The van der Waals surface area contributed by atoms with Gasteiger partial charge >= 0.3 is 0 Å². The fourth-order valence-electron chi connectivity index (χ4n) is 1.27. The Morgan fingerprint density at radius 2 is 1.93 bits per heavy atom. The van der Waals surface area contributed by atoms with Gasteiger partial charge in [0.25, 0.3) is 0 Å². The molecule has 0 saturated carbocycles. The number of hydrogen-bond donors (Lipinski definition) is 0. The Labute approximate surface area is 88.7 Å². The summed E-state index contributed by atoms with van der Waals surface area (Å²) < 4.78 is 0. The molecule has 0 aromatic heterocycles. The van der Waals surface area contributed by atoms with Crippen LogP contribution >= 0.6 is 0 Å². The Hall–Kier alpha value is -1.04. The monoisotopic (exact) mass is 190 g/mol. The molecule has 0 radical (unpaired) electrons. The van der Waals surface area contributed by atoms with Gasteiger partial charge in [-0.05, 0) is 33.1 Å². The molecule has 1 unspecified atom stereocenters. The highest BCUT2D eigenvalue weighted by molar-refractivity contribution is 5.19. The summed E-state index contributed by atoms with van der Waals surface area (Å²) >= 11 is 0. The van der Waals surface area contributed by atoms with Crippen LogP contribution in [0.3, 0.4) is 0 Å². The minimum absolute atomic E-state index is 0.579. The van der Waals surface area contributed by atoms with Crippen molar-refractivity contribution in [3.63, 3.8) is 0 Å². The zero-order valence-corrected chi connectivity index (χ0v) is 9.88. The molecule has 0 N–H and O–H groups in total. The van der Waals surface area contributed by atoms with Gasteiger partial charge in [-0.1, -0.05) is 55.0 Å². The molecule has 0 nitrogen and oxygen atoms in total. The van der Waals surface area contributed by atoms with Crippen molar-refractivity contribution in [1.29, 1.82) is 0 Å². The third-order valence-corrected chi connectivity index (χ3v) is 2.30. The van der Waals surface area contributed by atoms with Gasteiger partial charge in [-0.25, -0.2) is 0 Å². The first kappa shape index (κ1) is 13.0. The van der Waals surface area contributed by atoms with Crippen molar-refractivity contribution in [3.05, 3.63) is 48.1 Å². The van der Waals surface area contributed by atoms with E-state index in [2.05, 4.69) is 44.7 Å². The molecule has 0 aliphatic rings. The normalized spacial score (nSPS) is 15.3. The van der Waals surface area contributed by atoms with Crippen molar-refractivity contribution >= 4 is 0 Å². The van der Waals surface area contributed by atoms with E-state index in [1.165, 1.54) is 11.1 Å². The lowest BCUT2D eigenvalue weighted by molar-refractivity contribution is 0.681. The van der Waals surface area contributed by atoms with Crippen molar-refractivity contribution in [2.24, 2.45) is 5.92 Å². The zero-order chi connectivity index (χ0) is 11.0. The lowest BCUT2D eigenvalue weighted by atomic mass is 9.94. The van der Waals surface area contributed by atoms with Crippen LogP contribution in [0.4, 0.5) is 0 Å². The summed E-state index contributed by atoms with van der Waals surface area (Å²) in [5, 5.41) is 0. The highest BCUT2D eigenvalue weighted by Crippen LogP contribution is 2.18. The lowest BCUT2D eigenvalue weighted by Gasteiger charge is -2.11. The zero-order valence-electron chi connectivity index (χ0n) is 9.88. The van der Waals surface area contributed by atoms with E-state index in [1.807, 2.05) is 19.9 Å². The first-order valence-corrected chi connectivity index (χ1v) is 5.21. The SMILES string of the molecule is C=C(C=CC)CC(C)C(C)=CC=CC. The molecule has 0 rings (SSSR count). The first-order valence-electron chi connectivity index (χ1n) is 5.21. The van der Waals surface area contributed by atoms with Crippen LogP contribution in [-0.4, -0.2) is 0 Å². The van der Waals surface area contributed by atoms with Crippen LogP contribution in [0.2, 0.25) is 0 Å².